The number of nitrogens with one attached hydrogen (secondary N) is 1. The Bertz CT molecular complexity index is 921. The lowest BCUT2D eigenvalue weighted by Crippen LogP contribution is -2.15. The molecule has 3 aromatic rings. The molecule has 138 valence electrons. The third-order valence-electron chi connectivity index (χ3n) is 3.59. The highest BCUT2D eigenvalue weighted by atomic mass is 16.5. The monoisotopic (exact) mass is 367 g/mol. The Balaban J connectivity index is 1.53. The molecule has 1 N–H and O–H groups in total. The van der Waals surface area contributed by atoms with E-state index in [-0.39, 0.29) is 30.7 Å². The van der Waals surface area contributed by atoms with Crippen LogP contribution < -0.4 is 14.8 Å². The quantitative estimate of drug-likeness (QED) is 0.610. The lowest BCUT2D eigenvalue weighted by atomic mass is 10.2. The molecule has 8 nitrogen and oxygen atoms in total. The van der Waals surface area contributed by atoms with Crippen molar-refractivity contribution in [1.29, 1.82) is 0 Å². The van der Waals surface area contributed by atoms with Gasteiger partial charge in [-0.3, -0.25) is 9.59 Å². The van der Waals surface area contributed by atoms with Gasteiger partial charge in [0.15, 0.2) is 12.4 Å². The van der Waals surface area contributed by atoms with Crippen LogP contribution in [0.4, 0.5) is 5.69 Å². The molecule has 27 heavy (non-hydrogen) atoms. The minimum absolute atomic E-state index is 0.0461. The molecule has 0 atom stereocenters. The second kappa shape index (κ2) is 8.61. The minimum Gasteiger partial charge on any atom is -0.495 e. The molecule has 8 heteroatoms. The van der Waals surface area contributed by atoms with Crippen LogP contribution in [0, 0.1) is 0 Å². The molecule has 0 aliphatic heterocycles. The summed E-state index contributed by atoms with van der Waals surface area (Å²) >= 11 is 0. The molecule has 1 amide bonds. The molecule has 0 fully saturated rings. The number of aromatic nitrogens is 2. The van der Waals surface area contributed by atoms with Crippen LogP contribution in [-0.2, 0) is 17.8 Å². The topological polar surface area (TPSA) is 104 Å². The Morgan fingerprint density at radius 3 is 2.70 bits per heavy atom. The third kappa shape index (κ3) is 4.91. The number of methoxy groups -OCH3 is 1. The number of nitrogens with zero attached hydrogens (tertiary/aromatic N) is 2. The summed E-state index contributed by atoms with van der Waals surface area (Å²) in [6.45, 7) is 0.0571. The Kier molecular flexibility index (Phi) is 5.78. The van der Waals surface area contributed by atoms with Gasteiger partial charge in [-0.2, -0.15) is 4.98 Å². The van der Waals surface area contributed by atoms with Gasteiger partial charge >= 0.3 is 0 Å². The van der Waals surface area contributed by atoms with Crippen LogP contribution in [0.25, 0.3) is 0 Å². The first-order chi connectivity index (χ1) is 13.2. The molecule has 0 unspecified atom stereocenters. The van der Waals surface area contributed by atoms with E-state index in [2.05, 4.69) is 15.5 Å². The maximum absolute atomic E-state index is 12.2. The van der Waals surface area contributed by atoms with E-state index in [1.54, 1.807) is 42.5 Å². The zero-order valence-corrected chi connectivity index (χ0v) is 14.5. The number of para-hydroxylation sites is 2. The summed E-state index contributed by atoms with van der Waals surface area (Å²) in [7, 11) is 1.53. The number of amides is 1. The SMILES string of the molecule is COc1ccccc1NC(=O)Cc1noc(COc2ccc(C=O)cc2)n1. The molecule has 0 bridgehead atoms. The summed E-state index contributed by atoms with van der Waals surface area (Å²) in [5.41, 5.74) is 1.12. The summed E-state index contributed by atoms with van der Waals surface area (Å²) < 4.78 is 15.8. The van der Waals surface area contributed by atoms with Gasteiger partial charge < -0.3 is 19.3 Å². The van der Waals surface area contributed by atoms with Gasteiger partial charge in [-0.15, -0.1) is 0 Å². The van der Waals surface area contributed by atoms with E-state index >= 15 is 0 Å². The van der Waals surface area contributed by atoms with Crippen LogP contribution >= 0.6 is 0 Å². The van der Waals surface area contributed by atoms with Crippen molar-refractivity contribution in [3.05, 3.63) is 65.8 Å². The average molecular weight is 367 g/mol. The summed E-state index contributed by atoms with van der Waals surface area (Å²) in [6.07, 6.45) is 0.708. The maximum atomic E-state index is 12.2. The van der Waals surface area contributed by atoms with Crippen LogP contribution in [0.1, 0.15) is 22.1 Å². The molecule has 0 saturated carbocycles. The second-order valence-corrected chi connectivity index (χ2v) is 5.51. The molecule has 2 aromatic carbocycles. The molecular formula is C19H17N3O5. The number of hydrogen-bond acceptors (Lipinski definition) is 7. The second-order valence-electron chi connectivity index (χ2n) is 5.51. The Hall–Kier alpha value is -3.68. The van der Waals surface area contributed by atoms with Gasteiger partial charge in [0.25, 0.3) is 5.89 Å². The summed E-state index contributed by atoms with van der Waals surface area (Å²) in [6, 6.07) is 13.7. The predicted octanol–water partition coefficient (Wildman–Crippen LogP) is 2.65. The third-order valence-corrected chi connectivity index (χ3v) is 3.59. The number of carbonyl (C=O) groups is 2. The molecule has 0 aliphatic carbocycles. The number of ether oxygens (including phenoxy) is 2. The number of carbonyl (C=O) groups excluding carboxylic acids is 2. The highest BCUT2D eigenvalue weighted by molar-refractivity contribution is 5.93. The van der Waals surface area contributed by atoms with Crippen LogP contribution in [-0.4, -0.2) is 29.4 Å². The molecule has 0 saturated heterocycles. The molecule has 0 spiro atoms. The van der Waals surface area contributed by atoms with Gasteiger partial charge in [0, 0.05) is 5.56 Å². The molecule has 0 aliphatic rings. The van der Waals surface area contributed by atoms with E-state index in [4.69, 9.17) is 14.0 Å². The fourth-order valence-electron chi connectivity index (χ4n) is 2.29. The first-order valence-corrected chi connectivity index (χ1v) is 8.10. The Morgan fingerprint density at radius 1 is 1.19 bits per heavy atom. The number of benzene rings is 2. The largest absolute Gasteiger partial charge is 0.495 e. The van der Waals surface area contributed by atoms with E-state index in [9.17, 15) is 9.59 Å². The summed E-state index contributed by atoms with van der Waals surface area (Å²) in [4.78, 5) is 26.9. The standard InChI is InChI=1S/C19H17N3O5/c1-25-16-5-3-2-4-15(16)20-18(24)10-17-21-19(27-22-17)12-26-14-8-6-13(11-23)7-9-14/h2-9,11H,10,12H2,1H3,(H,20,24). The van der Waals surface area contributed by atoms with E-state index < -0.39 is 0 Å². The predicted molar refractivity (Wildman–Crippen MR) is 95.8 cm³/mol. The summed E-state index contributed by atoms with van der Waals surface area (Å²) in [5, 5.41) is 6.52. The van der Waals surface area contributed by atoms with Crippen molar-refractivity contribution in [3.8, 4) is 11.5 Å². The maximum Gasteiger partial charge on any atom is 0.264 e. The molecule has 1 aromatic heterocycles. The zero-order valence-electron chi connectivity index (χ0n) is 14.5. The number of rotatable bonds is 8. The minimum atomic E-state index is -0.294. The van der Waals surface area contributed by atoms with Crippen molar-refractivity contribution in [2.45, 2.75) is 13.0 Å². The van der Waals surface area contributed by atoms with Gasteiger partial charge in [0.05, 0.1) is 19.2 Å². The van der Waals surface area contributed by atoms with E-state index in [0.717, 1.165) is 6.29 Å². The molecule has 0 radical (unpaired) electrons. The fraction of sp³-hybridized carbons (Fsp3) is 0.158. The van der Waals surface area contributed by atoms with E-state index in [1.807, 2.05) is 6.07 Å². The first-order valence-electron chi connectivity index (χ1n) is 8.10. The van der Waals surface area contributed by atoms with Gasteiger partial charge in [-0.25, -0.2) is 0 Å². The molecule has 1 heterocycles. The van der Waals surface area contributed by atoms with E-state index in [0.29, 0.717) is 22.7 Å². The highest BCUT2D eigenvalue weighted by Crippen LogP contribution is 2.23. The van der Waals surface area contributed by atoms with Crippen molar-refractivity contribution >= 4 is 17.9 Å². The smallest absolute Gasteiger partial charge is 0.264 e. The van der Waals surface area contributed by atoms with Gasteiger partial charge in [-0.1, -0.05) is 17.3 Å². The summed E-state index contributed by atoms with van der Waals surface area (Å²) in [5.74, 6) is 1.33. The Labute approximate surface area is 155 Å². The molecular weight excluding hydrogens is 350 g/mol. The van der Waals surface area contributed by atoms with Crippen molar-refractivity contribution in [2.24, 2.45) is 0 Å². The highest BCUT2D eigenvalue weighted by Gasteiger charge is 2.13. The first kappa shape index (κ1) is 18.1. The van der Waals surface area contributed by atoms with Crippen LogP contribution in [0.3, 0.4) is 0 Å². The lowest BCUT2D eigenvalue weighted by Gasteiger charge is -2.08. The van der Waals surface area contributed by atoms with Crippen LogP contribution in [0.5, 0.6) is 11.5 Å². The zero-order chi connectivity index (χ0) is 19.1. The van der Waals surface area contributed by atoms with Crippen molar-refractivity contribution in [2.75, 3.05) is 12.4 Å². The van der Waals surface area contributed by atoms with Gasteiger partial charge in [-0.05, 0) is 36.4 Å². The number of aldehydes is 1. The van der Waals surface area contributed by atoms with Crippen molar-refractivity contribution in [1.82, 2.24) is 10.1 Å². The number of anilines is 1. The normalized spacial score (nSPS) is 10.3. The van der Waals surface area contributed by atoms with Crippen LogP contribution in [0.2, 0.25) is 0 Å². The lowest BCUT2D eigenvalue weighted by molar-refractivity contribution is -0.115. The van der Waals surface area contributed by atoms with E-state index in [1.165, 1.54) is 7.11 Å². The van der Waals surface area contributed by atoms with Crippen LogP contribution in [0.15, 0.2) is 53.1 Å². The van der Waals surface area contributed by atoms with Crippen molar-refractivity contribution < 1.29 is 23.6 Å². The van der Waals surface area contributed by atoms with Gasteiger partial charge in [0.1, 0.15) is 17.8 Å². The fourth-order valence-corrected chi connectivity index (χ4v) is 2.29. The Morgan fingerprint density at radius 2 is 1.96 bits per heavy atom. The van der Waals surface area contributed by atoms with Gasteiger partial charge in [0.2, 0.25) is 5.91 Å². The molecule has 3 rings (SSSR count). The average Bonchev–Trinajstić information content (AvgIpc) is 3.14. The van der Waals surface area contributed by atoms with Crippen molar-refractivity contribution in [3.63, 3.8) is 0 Å². The number of hydrogen-bond donors (Lipinski definition) is 1.